The van der Waals surface area contributed by atoms with E-state index in [-0.39, 0.29) is 5.91 Å². The van der Waals surface area contributed by atoms with Crippen molar-refractivity contribution in [3.05, 3.63) is 69.5 Å². The molecule has 0 bridgehead atoms. The zero-order valence-corrected chi connectivity index (χ0v) is 16.0. The number of carbonyl (C=O) groups is 1. The molecule has 0 saturated carbocycles. The Labute approximate surface area is 165 Å². The number of aromatic nitrogens is 1. The molecule has 26 heavy (non-hydrogen) atoms. The van der Waals surface area contributed by atoms with Crippen molar-refractivity contribution in [2.45, 2.75) is 0 Å². The summed E-state index contributed by atoms with van der Waals surface area (Å²) in [5.74, 6) is 0.506. The number of amides is 1. The van der Waals surface area contributed by atoms with Crippen molar-refractivity contribution in [3.8, 4) is 17.0 Å². The Morgan fingerprint density at radius 1 is 1.19 bits per heavy atom. The number of carbonyl (C=O) groups excluding carboxylic acids is 1. The highest BCUT2D eigenvalue weighted by molar-refractivity contribution is 7.14. The Morgan fingerprint density at radius 3 is 2.65 bits per heavy atom. The lowest BCUT2D eigenvalue weighted by Crippen LogP contribution is -2.07. The summed E-state index contributed by atoms with van der Waals surface area (Å²) < 4.78 is 5.10. The smallest absolute Gasteiger partial charge is 0.250 e. The molecule has 1 N–H and O–H groups in total. The van der Waals surface area contributed by atoms with Gasteiger partial charge in [0.15, 0.2) is 5.13 Å². The lowest BCUT2D eigenvalue weighted by molar-refractivity contribution is -0.111. The van der Waals surface area contributed by atoms with Crippen LogP contribution in [-0.2, 0) is 4.79 Å². The highest BCUT2D eigenvalue weighted by atomic mass is 35.5. The van der Waals surface area contributed by atoms with E-state index in [1.54, 1.807) is 31.4 Å². The third-order valence-corrected chi connectivity index (χ3v) is 4.79. The van der Waals surface area contributed by atoms with Crippen molar-refractivity contribution in [2.75, 3.05) is 12.4 Å². The third kappa shape index (κ3) is 4.64. The summed E-state index contributed by atoms with van der Waals surface area (Å²) in [5, 5.41) is 6.15. The van der Waals surface area contributed by atoms with E-state index in [0.29, 0.717) is 20.9 Å². The molecule has 0 spiro atoms. The number of ether oxygens (including phenoxy) is 1. The third-order valence-electron chi connectivity index (χ3n) is 3.48. The molecule has 1 aromatic heterocycles. The number of hydrogen-bond donors (Lipinski definition) is 1. The van der Waals surface area contributed by atoms with Crippen LogP contribution >= 0.6 is 34.5 Å². The van der Waals surface area contributed by atoms with E-state index in [1.165, 1.54) is 17.4 Å². The van der Waals surface area contributed by atoms with Crippen molar-refractivity contribution in [1.29, 1.82) is 0 Å². The minimum absolute atomic E-state index is 0.260. The molecule has 0 atom stereocenters. The van der Waals surface area contributed by atoms with E-state index in [4.69, 9.17) is 27.9 Å². The van der Waals surface area contributed by atoms with E-state index in [1.807, 2.05) is 29.6 Å². The second-order valence-corrected chi connectivity index (χ2v) is 6.96. The zero-order chi connectivity index (χ0) is 18.5. The summed E-state index contributed by atoms with van der Waals surface area (Å²) in [6.45, 7) is 0. The Balaban J connectivity index is 1.66. The van der Waals surface area contributed by atoms with Gasteiger partial charge in [-0.25, -0.2) is 4.98 Å². The van der Waals surface area contributed by atoms with Gasteiger partial charge in [-0.2, -0.15) is 0 Å². The van der Waals surface area contributed by atoms with Gasteiger partial charge < -0.3 is 4.74 Å². The molecule has 3 rings (SSSR count). The van der Waals surface area contributed by atoms with Gasteiger partial charge in [-0.3, -0.25) is 10.1 Å². The molecule has 1 amide bonds. The highest BCUT2D eigenvalue weighted by Crippen LogP contribution is 2.32. The number of hydrogen-bond acceptors (Lipinski definition) is 4. The number of methoxy groups -OCH3 is 1. The van der Waals surface area contributed by atoms with Crippen molar-refractivity contribution in [3.63, 3.8) is 0 Å². The van der Waals surface area contributed by atoms with Gasteiger partial charge in [0.05, 0.1) is 17.8 Å². The van der Waals surface area contributed by atoms with E-state index >= 15 is 0 Å². The number of nitrogens with one attached hydrogen (secondary N) is 1. The summed E-state index contributed by atoms with van der Waals surface area (Å²) >= 11 is 13.4. The van der Waals surface area contributed by atoms with Crippen molar-refractivity contribution < 1.29 is 9.53 Å². The number of benzene rings is 2. The van der Waals surface area contributed by atoms with Crippen LogP contribution in [0.25, 0.3) is 17.3 Å². The van der Waals surface area contributed by atoms with Gasteiger partial charge in [0.25, 0.3) is 0 Å². The summed E-state index contributed by atoms with van der Waals surface area (Å²) in [7, 11) is 1.61. The SMILES string of the molecule is COc1ccc(/C=C/C(=O)Nc2nc(-c3ccc(Cl)cc3Cl)cs2)cc1. The second kappa shape index (κ2) is 8.36. The van der Waals surface area contributed by atoms with E-state index in [2.05, 4.69) is 10.3 Å². The summed E-state index contributed by atoms with van der Waals surface area (Å²) in [6.07, 6.45) is 3.18. The molecule has 0 aliphatic rings. The minimum Gasteiger partial charge on any atom is -0.497 e. The average molecular weight is 405 g/mol. The number of thiazole rings is 1. The fraction of sp³-hybridized carbons (Fsp3) is 0.0526. The first kappa shape index (κ1) is 18.5. The largest absolute Gasteiger partial charge is 0.497 e. The predicted octanol–water partition coefficient (Wildman–Crippen LogP) is 5.78. The Kier molecular flexibility index (Phi) is 5.93. The van der Waals surface area contributed by atoms with Crippen molar-refractivity contribution in [1.82, 2.24) is 4.98 Å². The Bertz CT molecular complexity index is 952. The lowest BCUT2D eigenvalue weighted by atomic mass is 10.2. The predicted molar refractivity (Wildman–Crippen MR) is 108 cm³/mol. The van der Waals surface area contributed by atoms with Crippen LogP contribution in [0.1, 0.15) is 5.56 Å². The number of nitrogens with zero attached hydrogens (tertiary/aromatic N) is 1. The van der Waals surface area contributed by atoms with Gasteiger partial charge in [-0.1, -0.05) is 35.3 Å². The van der Waals surface area contributed by atoms with Crippen LogP contribution in [-0.4, -0.2) is 18.0 Å². The van der Waals surface area contributed by atoms with E-state index in [9.17, 15) is 4.79 Å². The van der Waals surface area contributed by atoms with Crippen molar-refractivity contribution in [2.24, 2.45) is 0 Å². The van der Waals surface area contributed by atoms with Crippen LogP contribution in [0.5, 0.6) is 5.75 Å². The fourth-order valence-corrected chi connectivity index (χ4v) is 3.40. The minimum atomic E-state index is -0.260. The van der Waals surface area contributed by atoms with Gasteiger partial charge in [-0.15, -0.1) is 11.3 Å². The molecule has 1 heterocycles. The zero-order valence-electron chi connectivity index (χ0n) is 13.7. The number of halogens is 2. The molecule has 132 valence electrons. The molecule has 0 unspecified atom stereocenters. The molecular weight excluding hydrogens is 391 g/mol. The van der Waals surface area contributed by atoms with Gasteiger partial charge >= 0.3 is 0 Å². The van der Waals surface area contributed by atoms with E-state index < -0.39 is 0 Å². The first-order valence-electron chi connectivity index (χ1n) is 7.59. The lowest BCUT2D eigenvalue weighted by Gasteiger charge is -2.01. The van der Waals surface area contributed by atoms with Gasteiger partial charge in [0, 0.05) is 22.0 Å². The first-order chi connectivity index (χ1) is 12.5. The summed E-state index contributed by atoms with van der Waals surface area (Å²) in [6, 6.07) is 12.6. The maximum Gasteiger partial charge on any atom is 0.250 e. The molecule has 2 aromatic carbocycles. The van der Waals surface area contributed by atoms with Crippen LogP contribution in [0.15, 0.2) is 53.9 Å². The average Bonchev–Trinajstić information content (AvgIpc) is 3.08. The van der Waals surface area contributed by atoms with Crippen LogP contribution < -0.4 is 10.1 Å². The summed E-state index contributed by atoms with van der Waals surface area (Å²) in [5.41, 5.74) is 2.35. The monoisotopic (exact) mass is 404 g/mol. The number of anilines is 1. The molecule has 0 aliphatic heterocycles. The second-order valence-electron chi connectivity index (χ2n) is 5.26. The maximum absolute atomic E-state index is 12.1. The maximum atomic E-state index is 12.1. The number of rotatable bonds is 5. The molecule has 0 radical (unpaired) electrons. The topological polar surface area (TPSA) is 51.2 Å². The molecule has 7 heteroatoms. The van der Waals surface area contributed by atoms with Gasteiger partial charge in [-0.05, 0) is 42.0 Å². The van der Waals surface area contributed by atoms with Crippen LogP contribution in [0.2, 0.25) is 10.0 Å². The fourth-order valence-electron chi connectivity index (χ4n) is 2.19. The molecular formula is C19H14Cl2N2O2S. The quantitative estimate of drug-likeness (QED) is 0.548. The Morgan fingerprint density at radius 2 is 1.96 bits per heavy atom. The molecule has 3 aromatic rings. The van der Waals surface area contributed by atoms with Gasteiger partial charge in [0.2, 0.25) is 5.91 Å². The molecule has 0 fully saturated rings. The normalized spacial score (nSPS) is 10.9. The first-order valence-corrected chi connectivity index (χ1v) is 9.23. The Hall–Kier alpha value is -2.34. The summed E-state index contributed by atoms with van der Waals surface area (Å²) in [4.78, 5) is 16.5. The standard InChI is InChI=1S/C19H14Cl2N2O2S/c1-25-14-6-2-12(3-7-14)4-9-18(24)23-19-22-17(11-26-19)15-8-5-13(20)10-16(15)21/h2-11H,1H3,(H,22,23,24)/b9-4+. The van der Waals surface area contributed by atoms with Crippen LogP contribution in [0, 0.1) is 0 Å². The van der Waals surface area contributed by atoms with Crippen molar-refractivity contribution >= 4 is 51.7 Å². The highest BCUT2D eigenvalue weighted by Gasteiger charge is 2.10. The molecule has 0 aliphatic carbocycles. The van der Waals surface area contributed by atoms with Crippen LogP contribution in [0.4, 0.5) is 5.13 Å². The molecule has 0 saturated heterocycles. The van der Waals surface area contributed by atoms with Crippen LogP contribution in [0.3, 0.4) is 0 Å². The van der Waals surface area contributed by atoms with Gasteiger partial charge in [0.1, 0.15) is 5.75 Å². The van der Waals surface area contributed by atoms with E-state index in [0.717, 1.165) is 16.9 Å². The molecule has 4 nitrogen and oxygen atoms in total.